The van der Waals surface area contributed by atoms with E-state index in [0.29, 0.717) is 18.1 Å². The van der Waals surface area contributed by atoms with Gasteiger partial charge in [-0.05, 0) is 42.9 Å². The summed E-state index contributed by atoms with van der Waals surface area (Å²) >= 11 is 0. The summed E-state index contributed by atoms with van der Waals surface area (Å²) in [4.78, 5) is 0. The van der Waals surface area contributed by atoms with E-state index >= 15 is 0 Å². The molecule has 0 aliphatic carbocycles. The molecule has 1 aliphatic rings. The number of benzene rings is 1. The molecule has 0 amide bonds. The van der Waals surface area contributed by atoms with Gasteiger partial charge in [-0.3, -0.25) is 0 Å². The number of hydrogen-bond acceptors (Lipinski definition) is 1. The second-order valence-electron chi connectivity index (χ2n) is 4.76. The van der Waals surface area contributed by atoms with Crippen molar-refractivity contribution in [1.29, 1.82) is 0 Å². The van der Waals surface area contributed by atoms with Gasteiger partial charge in [0.15, 0.2) is 0 Å². The molecule has 1 saturated heterocycles. The largest absolute Gasteiger partial charge is 0.373 e. The Kier molecular flexibility index (Phi) is 4.11. The lowest BCUT2D eigenvalue weighted by Gasteiger charge is -2.29. The molecule has 0 bridgehead atoms. The monoisotopic (exact) mass is 240 g/mol. The zero-order valence-electron chi connectivity index (χ0n) is 10.1. The van der Waals surface area contributed by atoms with E-state index < -0.39 is 11.6 Å². The summed E-state index contributed by atoms with van der Waals surface area (Å²) in [5, 5.41) is 0. The van der Waals surface area contributed by atoms with Gasteiger partial charge in [0, 0.05) is 6.07 Å². The van der Waals surface area contributed by atoms with Gasteiger partial charge in [-0.25, -0.2) is 8.78 Å². The average molecular weight is 240 g/mol. The molecule has 1 nitrogen and oxygen atoms in total. The van der Waals surface area contributed by atoms with Crippen LogP contribution >= 0.6 is 0 Å². The molecule has 1 heterocycles. The van der Waals surface area contributed by atoms with Gasteiger partial charge in [0.25, 0.3) is 0 Å². The summed E-state index contributed by atoms with van der Waals surface area (Å²) in [6, 6.07) is 3.63. The van der Waals surface area contributed by atoms with Gasteiger partial charge in [0.1, 0.15) is 11.6 Å². The fraction of sp³-hybridized carbons (Fsp3) is 0.571. The molecule has 0 radical (unpaired) electrons. The predicted molar refractivity (Wildman–Crippen MR) is 62.7 cm³/mol. The maximum atomic E-state index is 13.1. The molecule has 1 fully saturated rings. The van der Waals surface area contributed by atoms with Crippen molar-refractivity contribution in [2.24, 2.45) is 5.92 Å². The summed E-state index contributed by atoms with van der Waals surface area (Å²) < 4.78 is 31.9. The third kappa shape index (κ3) is 3.25. The highest BCUT2D eigenvalue weighted by Gasteiger charge is 2.23. The van der Waals surface area contributed by atoms with E-state index in [1.54, 1.807) is 0 Å². The first-order chi connectivity index (χ1) is 8.19. The third-order valence-electron chi connectivity index (χ3n) is 3.32. The molecule has 2 rings (SSSR count). The van der Waals surface area contributed by atoms with E-state index in [4.69, 9.17) is 4.74 Å². The van der Waals surface area contributed by atoms with E-state index in [2.05, 4.69) is 6.92 Å². The van der Waals surface area contributed by atoms with E-state index in [0.717, 1.165) is 25.3 Å². The normalized spacial score (nSPS) is 24.9. The van der Waals surface area contributed by atoms with E-state index in [1.165, 1.54) is 18.6 Å². The van der Waals surface area contributed by atoms with Gasteiger partial charge in [0.05, 0.1) is 12.7 Å². The van der Waals surface area contributed by atoms with Crippen LogP contribution in [0.5, 0.6) is 0 Å². The summed E-state index contributed by atoms with van der Waals surface area (Å²) in [6.07, 6.45) is 4.12. The van der Waals surface area contributed by atoms with Crippen LogP contribution in [0, 0.1) is 17.6 Å². The fourth-order valence-electron chi connectivity index (χ4n) is 2.47. The minimum atomic E-state index is -0.528. The van der Waals surface area contributed by atoms with Crippen molar-refractivity contribution < 1.29 is 13.5 Å². The van der Waals surface area contributed by atoms with Crippen molar-refractivity contribution in [3.63, 3.8) is 0 Å². The number of hydrogen-bond donors (Lipinski definition) is 0. The Morgan fingerprint density at radius 3 is 2.41 bits per heavy atom. The van der Waals surface area contributed by atoms with Crippen LogP contribution in [0.15, 0.2) is 18.2 Å². The minimum Gasteiger partial charge on any atom is -0.373 e. The Hall–Kier alpha value is -0.960. The highest BCUT2D eigenvalue weighted by Crippen LogP contribution is 2.32. The van der Waals surface area contributed by atoms with Gasteiger partial charge < -0.3 is 4.74 Å². The molecule has 3 heteroatoms. The van der Waals surface area contributed by atoms with Gasteiger partial charge in [-0.2, -0.15) is 0 Å². The Morgan fingerprint density at radius 2 is 1.88 bits per heavy atom. The van der Waals surface area contributed by atoms with Crippen LogP contribution in [0.2, 0.25) is 0 Å². The highest BCUT2D eigenvalue weighted by molar-refractivity contribution is 5.20. The number of halogens is 2. The Balaban J connectivity index is 2.00. The topological polar surface area (TPSA) is 9.23 Å². The second kappa shape index (κ2) is 5.58. The van der Waals surface area contributed by atoms with Crippen LogP contribution < -0.4 is 0 Å². The maximum Gasteiger partial charge on any atom is 0.126 e. The molecule has 17 heavy (non-hydrogen) atoms. The lowest BCUT2D eigenvalue weighted by molar-refractivity contribution is -0.0197. The fourth-order valence-corrected chi connectivity index (χ4v) is 2.47. The lowest BCUT2D eigenvalue weighted by atomic mass is 9.92. The van der Waals surface area contributed by atoms with Crippen molar-refractivity contribution in [2.45, 2.75) is 38.7 Å². The highest BCUT2D eigenvalue weighted by atomic mass is 19.1. The van der Waals surface area contributed by atoms with Crippen LogP contribution in [-0.2, 0) is 4.74 Å². The summed E-state index contributed by atoms with van der Waals surface area (Å²) in [6.45, 7) is 2.87. The average Bonchev–Trinajstić information content (AvgIpc) is 2.29. The zero-order valence-corrected chi connectivity index (χ0v) is 10.1. The first-order valence-corrected chi connectivity index (χ1v) is 6.26. The van der Waals surface area contributed by atoms with Crippen molar-refractivity contribution in [1.82, 2.24) is 0 Å². The molecule has 0 spiro atoms. The minimum absolute atomic E-state index is 0.145. The lowest BCUT2D eigenvalue weighted by Crippen LogP contribution is -2.20. The Morgan fingerprint density at radius 1 is 1.18 bits per heavy atom. The molecule has 94 valence electrons. The molecule has 1 aliphatic heterocycles. The van der Waals surface area contributed by atoms with Crippen molar-refractivity contribution >= 4 is 0 Å². The van der Waals surface area contributed by atoms with E-state index in [9.17, 15) is 8.78 Å². The van der Waals surface area contributed by atoms with Gasteiger partial charge >= 0.3 is 0 Å². The molecular formula is C14H18F2O. The van der Waals surface area contributed by atoms with Crippen LogP contribution in [0.3, 0.4) is 0 Å². The SMILES string of the molecule is CCCC1CCC(c2cc(F)cc(F)c2)OC1. The molecule has 0 saturated carbocycles. The van der Waals surface area contributed by atoms with E-state index in [1.807, 2.05) is 0 Å². The standard InChI is InChI=1S/C14H18F2O/c1-2-3-10-4-5-14(17-9-10)11-6-12(15)8-13(16)7-11/h6-8,10,14H,2-5,9H2,1H3. The number of ether oxygens (including phenoxy) is 1. The summed E-state index contributed by atoms with van der Waals surface area (Å²) in [5.41, 5.74) is 0.623. The third-order valence-corrected chi connectivity index (χ3v) is 3.32. The van der Waals surface area contributed by atoms with Crippen LogP contribution in [0.4, 0.5) is 8.78 Å². The number of rotatable bonds is 3. The van der Waals surface area contributed by atoms with Crippen molar-refractivity contribution in [3.05, 3.63) is 35.4 Å². The smallest absolute Gasteiger partial charge is 0.126 e. The Labute approximate surface area is 101 Å². The zero-order chi connectivity index (χ0) is 12.3. The van der Waals surface area contributed by atoms with Crippen molar-refractivity contribution in [3.8, 4) is 0 Å². The van der Waals surface area contributed by atoms with Crippen molar-refractivity contribution in [2.75, 3.05) is 6.61 Å². The molecule has 2 atom stereocenters. The first kappa shape index (κ1) is 12.5. The first-order valence-electron chi connectivity index (χ1n) is 6.26. The quantitative estimate of drug-likeness (QED) is 0.768. The molecule has 0 N–H and O–H groups in total. The van der Waals surface area contributed by atoms with Gasteiger partial charge in [-0.1, -0.05) is 13.3 Å². The van der Waals surface area contributed by atoms with Crippen LogP contribution in [0.25, 0.3) is 0 Å². The van der Waals surface area contributed by atoms with Crippen LogP contribution in [0.1, 0.15) is 44.3 Å². The summed E-state index contributed by atoms with van der Waals surface area (Å²) in [5.74, 6) is -0.451. The maximum absolute atomic E-state index is 13.1. The Bertz CT molecular complexity index is 350. The molecule has 2 unspecified atom stereocenters. The predicted octanol–water partition coefficient (Wildman–Crippen LogP) is 4.23. The van der Waals surface area contributed by atoms with Gasteiger partial charge in [-0.15, -0.1) is 0 Å². The second-order valence-corrected chi connectivity index (χ2v) is 4.76. The van der Waals surface area contributed by atoms with Crippen LogP contribution in [-0.4, -0.2) is 6.61 Å². The van der Waals surface area contributed by atoms with E-state index in [-0.39, 0.29) is 6.10 Å². The summed E-state index contributed by atoms with van der Waals surface area (Å²) in [7, 11) is 0. The molecule has 1 aromatic rings. The molecule has 0 aromatic heterocycles. The van der Waals surface area contributed by atoms with Gasteiger partial charge in [0.2, 0.25) is 0 Å². The molecule has 1 aromatic carbocycles. The molecular weight excluding hydrogens is 222 g/mol.